The molecule has 1 saturated heterocycles. The molecule has 2 heterocycles. The Hall–Kier alpha value is -2.05. The van der Waals surface area contributed by atoms with Crippen LogP contribution in [-0.4, -0.2) is 46.0 Å². The van der Waals surface area contributed by atoms with Crippen LogP contribution in [0.3, 0.4) is 0 Å². The topological polar surface area (TPSA) is 104 Å². The van der Waals surface area contributed by atoms with E-state index in [1.807, 2.05) is 0 Å². The van der Waals surface area contributed by atoms with Gasteiger partial charge in [-0.3, -0.25) is 14.7 Å². The van der Waals surface area contributed by atoms with Crippen molar-refractivity contribution in [1.29, 1.82) is 0 Å². The van der Waals surface area contributed by atoms with Crippen LogP contribution < -0.4 is 11.1 Å². The first-order valence-electron chi connectivity index (χ1n) is 6.48. The second-order valence-corrected chi connectivity index (χ2v) is 4.78. The standard InChI is InChI=1S/C12H19N5O2/c1-8(12(19)17-5-3-2-4-6-17)15-11(18)10-9(13)7-14-16-10/h7-8H,2-6,13H2,1H3,(H,14,16)(H,15,18). The number of aromatic amines is 1. The lowest BCUT2D eigenvalue weighted by Gasteiger charge is -2.29. The molecule has 2 rings (SSSR count). The quantitative estimate of drug-likeness (QED) is 0.722. The average molecular weight is 265 g/mol. The molecule has 19 heavy (non-hydrogen) atoms. The molecule has 1 fully saturated rings. The Bertz CT molecular complexity index is 464. The van der Waals surface area contributed by atoms with E-state index in [1.54, 1.807) is 11.8 Å². The van der Waals surface area contributed by atoms with Crippen LogP contribution in [0.1, 0.15) is 36.7 Å². The smallest absolute Gasteiger partial charge is 0.272 e. The summed E-state index contributed by atoms with van der Waals surface area (Å²) in [5.74, 6) is -0.459. The van der Waals surface area contributed by atoms with Crippen molar-refractivity contribution in [3.8, 4) is 0 Å². The van der Waals surface area contributed by atoms with E-state index in [1.165, 1.54) is 6.20 Å². The number of hydrogen-bond donors (Lipinski definition) is 3. The van der Waals surface area contributed by atoms with Crippen molar-refractivity contribution in [2.24, 2.45) is 0 Å². The SMILES string of the molecule is CC(NC(=O)c1[nH]ncc1N)C(=O)N1CCCCC1. The van der Waals surface area contributed by atoms with E-state index in [9.17, 15) is 9.59 Å². The molecule has 2 amide bonds. The van der Waals surface area contributed by atoms with E-state index in [2.05, 4.69) is 15.5 Å². The van der Waals surface area contributed by atoms with E-state index < -0.39 is 11.9 Å². The first kappa shape index (κ1) is 13.4. The Morgan fingerprint density at radius 2 is 2.11 bits per heavy atom. The summed E-state index contributed by atoms with van der Waals surface area (Å²) in [6.45, 7) is 3.22. The number of carbonyl (C=O) groups is 2. The number of hydrogen-bond acceptors (Lipinski definition) is 4. The van der Waals surface area contributed by atoms with Crippen LogP contribution >= 0.6 is 0 Å². The number of H-pyrrole nitrogens is 1. The van der Waals surface area contributed by atoms with Crippen LogP contribution in [0, 0.1) is 0 Å². The van der Waals surface area contributed by atoms with E-state index in [0.29, 0.717) is 0 Å². The molecule has 4 N–H and O–H groups in total. The molecule has 1 aromatic rings. The molecule has 1 aliphatic heterocycles. The lowest BCUT2D eigenvalue weighted by molar-refractivity contribution is -0.133. The van der Waals surface area contributed by atoms with Gasteiger partial charge in [0.05, 0.1) is 11.9 Å². The van der Waals surface area contributed by atoms with Crippen LogP contribution in [0.5, 0.6) is 0 Å². The molecule has 104 valence electrons. The molecular formula is C12H19N5O2. The molecule has 0 aliphatic carbocycles. The Morgan fingerprint density at radius 3 is 2.68 bits per heavy atom. The fraction of sp³-hybridized carbons (Fsp3) is 0.583. The highest BCUT2D eigenvalue weighted by Gasteiger charge is 2.24. The fourth-order valence-electron chi connectivity index (χ4n) is 2.20. The summed E-state index contributed by atoms with van der Waals surface area (Å²) >= 11 is 0. The predicted molar refractivity (Wildman–Crippen MR) is 70.4 cm³/mol. The van der Waals surface area contributed by atoms with Gasteiger partial charge >= 0.3 is 0 Å². The summed E-state index contributed by atoms with van der Waals surface area (Å²) in [4.78, 5) is 25.8. The third-order valence-corrected chi connectivity index (χ3v) is 3.28. The molecule has 0 aromatic carbocycles. The van der Waals surface area contributed by atoms with Gasteiger partial charge in [-0.15, -0.1) is 0 Å². The van der Waals surface area contributed by atoms with Gasteiger partial charge in [0, 0.05) is 13.1 Å². The van der Waals surface area contributed by atoms with Gasteiger partial charge in [-0.25, -0.2) is 0 Å². The highest BCUT2D eigenvalue weighted by Crippen LogP contribution is 2.11. The lowest BCUT2D eigenvalue weighted by atomic mass is 10.1. The van der Waals surface area contributed by atoms with Crippen LogP contribution in [0.25, 0.3) is 0 Å². The van der Waals surface area contributed by atoms with Crippen molar-refractivity contribution < 1.29 is 9.59 Å². The third kappa shape index (κ3) is 3.04. The summed E-state index contributed by atoms with van der Waals surface area (Å²) in [6, 6.07) is -0.562. The summed E-state index contributed by atoms with van der Waals surface area (Å²) in [5.41, 5.74) is 6.05. The average Bonchev–Trinajstić information content (AvgIpc) is 2.85. The maximum Gasteiger partial charge on any atom is 0.272 e. The maximum absolute atomic E-state index is 12.1. The minimum absolute atomic E-state index is 0.0499. The van der Waals surface area contributed by atoms with Crippen LogP contribution in [0.4, 0.5) is 5.69 Å². The molecular weight excluding hydrogens is 246 g/mol. The zero-order chi connectivity index (χ0) is 13.8. The number of piperidine rings is 1. The van der Waals surface area contributed by atoms with Crippen molar-refractivity contribution in [2.75, 3.05) is 18.8 Å². The molecule has 7 nitrogen and oxygen atoms in total. The number of amides is 2. The minimum Gasteiger partial charge on any atom is -0.396 e. The molecule has 0 spiro atoms. The Labute approximate surface area is 111 Å². The third-order valence-electron chi connectivity index (χ3n) is 3.28. The summed E-state index contributed by atoms with van der Waals surface area (Å²) < 4.78 is 0. The Morgan fingerprint density at radius 1 is 1.42 bits per heavy atom. The Balaban J connectivity index is 1.93. The van der Waals surface area contributed by atoms with Gasteiger partial charge in [0.2, 0.25) is 5.91 Å². The highest BCUT2D eigenvalue weighted by molar-refractivity contribution is 5.99. The number of nitrogens with one attached hydrogen (secondary N) is 2. The van der Waals surface area contributed by atoms with Crippen molar-refractivity contribution in [2.45, 2.75) is 32.2 Å². The number of aromatic nitrogens is 2. The number of likely N-dealkylation sites (tertiary alicyclic amines) is 1. The van der Waals surface area contributed by atoms with E-state index in [4.69, 9.17) is 5.73 Å². The van der Waals surface area contributed by atoms with Crippen molar-refractivity contribution in [3.05, 3.63) is 11.9 Å². The second-order valence-electron chi connectivity index (χ2n) is 4.78. The predicted octanol–water partition coefficient (Wildman–Crippen LogP) is 0.123. The van der Waals surface area contributed by atoms with Crippen molar-refractivity contribution in [1.82, 2.24) is 20.4 Å². The second kappa shape index (κ2) is 5.73. The van der Waals surface area contributed by atoms with Crippen molar-refractivity contribution >= 4 is 17.5 Å². The van der Waals surface area contributed by atoms with Gasteiger partial charge in [0.15, 0.2) is 0 Å². The minimum atomic E-state index is -0.562. The van der Waals surface area contributed by atoms with Gasteiger partial charge in [-0.05, 0) is 26.2 Å². The van der Waals surface area contributed by atoms with Gasteiger partial charge in [0.25, 0.3) is 5.91 Å². The van der Waals surface area contributed by atoms with E-state index >= 15 is 0 Å². The van der Waals surface area contributed by atoms with Gasteiger partial charge < -0.3 is 16.0 Å². The van der Waals surface area contributed by atoms with Crippen LogP contribution in [-0.2, 0) is 4.79 Å². The number of nitrogens with zero attached hydrogens (tertiary/aromatic N) is 2. The zero-order valence-electron chi connectivity index (χ0n) is 11.0. The van der Waals surface area contributed by atoms with Crippen molar-refractivity contribution in [3.63, 3.8) is 0 Å². The van der Waals surface area contributed by atoms with Crippen LogP contribution in [0.2, 0.25) is 0 Å². The molecule has 0 radical (unpaired) electrons. The number of anilines is 1. The number of nitrogen functional groups attached to an aromatic ring is 1. The Kier molecular flexibility index (Phi) is 4.03. The zero-order valence-corrected chi connectivity index (χ0v) is 11.0. The monoisotopic (exact) mass is 265 g/mol. The number of nitrogens with two attached hydrogens (primary N) is 1. The molecule has 1 atom stereocenters. The summed E-state index contributed by atoms with van der Waals surface area (Å²) in [6.07, 6.45) is 4.58. The molecule has 7 heteroatoms. The van der Waals surface area contributed by atoms with E-state index in [0.717, 1.165) is 32.4 Å². The summed E-state index contributed by atoms with van der Waals surface area (Å²) in [5, 5.41) is 8.83. The van der Waals surface area contributed by atoms with Gasteiger partial charge in [0.1, 0.15) is 11.7 Å². The first-order chi connectivity index (χ1) is 9.09. The highest BCUT2D eigenvalue weighted by atomic mass is 16.2. The van der Waals surface area contributed by atoms with E-state index in [-0.39, 0.29) is 17.3 Å². The lowest BCUT2D eigenvalue weighted by Crippen LogP contribution is -2.48. The molecule has 1 aromatic heterocycles. The van der Waals surface area contributed by atoms with Gasteiger partial charge in [-0.2, -0.15) is 5.10 Å². The first-order valence-corrected chi connectivity index (χ1v) is 6.48. The van der Waals surface area contributed by atoms with Gasteiger partial charge in [-0.1, -0.05) is 0 Å². The molecule has 0 bridgehead atoms. The molecule has 1 aliphatic rings. The largest absolute Gasteiger partial charge is 0.396 e. The summed E-state index contributed by atoms with van der Waals surface area (Å²) in [7, 11) is 0. The maximum atomic E-state index is 12.1. The normalized spacial score (nSPS) is 17.0. The van der Waals surface area contributed by atoms with Crippen LogP contribution in [0.15, 0.2) is 6.20 Å². The number of carbonyl (C=O) groups excluding carboxylic acids is 2. The molecule has 1 unspecified atom stereocenters. The fourth-order valence-corrected chi connectivity index (χ4v) is 2.20. The molecule has 0 saturated carbocycles. The number of rotatable bonds is 3.